The van der Waals surface area contributed by atoms with Crippen LogP contribution in [0.15, 0.2) is 76.7 Å². The summed E-state index contributed by atoms with van der Waals surface area (Å²) in [6.07, 6.45) is 1.24. The molecule has 0 fully saturated rings. The van der Waals surface area contributed by atoms with Gasteiger partial charge in [-0.15, -0.1) is 0 Å². The summed E-state index contributed by atoms with van der Waals surface area (Å²) in [7, 11) is -3.92. The molecule has 0 bridgehead atoms. The normalized spacial score (nSPS) is 11.7. The molecule has 6 heteroatoms. The van der Waals surface area contributed by atoms with Gasteiger partial charge in [0, 0.05) is 23.2 Å². The fraction of sp³-hybridized carbons (Fsp3) is 0.0870. The highest BCUT2D eigenvalue weighted by atomic mass is 32.2. The van der Waals surface area contributed by atoms with Crippen LogP contribution in [0.2, 0.25) is 0 Å². The lowest BCUT2D eigenvalue weighted by molar-refractivity contribution is 0.596. The average molecular weight is 409 g/mol. The topological polar surface area (TPSA) is 47.0 Å². The zero-order chi connectivity index (χ0) is 20.8. The standard InChI is InChI=1S/C23H17F2NO2S/c1-14-3-9-19(11-15(14)2)29(27,28)22-13-26-21-12-18(25)8-10-20(21)23(22)16-4-6-17(24)7-5-16/h3-13H,1-2H3. The van der Waals surface area contributed by atoms with Crippen LogP contribution in [-0.4, -0.2) is 13.4 Å². The molecule has 0 aliphatic carbocycles. The molecule has 3 aromatic carbocycles. The Morgan fingerprint density at radius 2 is 1.48 bits per heavy atom. The quantitative estimate of drug-likeness (QED) is 0.441. The Kier molecular flexibility index (Phi) is 4.67. The SMILES string of the molecule is Cc1ccc(S(=O)(=O)c2cnc3cc(F)ccc3c2-c2ccc(F)cc2)cc1C. The number of fused-ring (bicyclic) bond motifs is 1. The molecule has 0 radical (unpaired) electrons. The summed E-state index contributed by atoms with van der Waals surface area (Å²) in [6.45, 7) is 3.75. The number of hydrogen-bond acceptors (Lipinski definition) is 3. The summed E-state index contributed by atoms with van der Waals surface area (Å²) in [4.78, 5) is 4.32. The van der Waals surface area contributed by atoms with Crippen molar-refractivity contribution in [3.05, 3.63) is 89.6 Å². The van der Waals surface area contributed by atoms with Gasteiger partial charge < -0.3 is 0 Å². The lowest BCUT2D eigenvalue weighted by atomic mass is 10.0. The third-order valence-corrected chi connectivity index (χ3v) is 6.77. The van der Waals surface area contributed by atoms with Gasteiger partial charge in [-0.05, 0) is 66.9 Å². The Morgan fingerprint density at radius 3 is 2.17 bits per heavy atom. The van der Waals surface area contributed by atoms with Gasteiger partial charge in [-0.1, -0.05) is 18.2 Å². The molecule has 0 N–H and O–H groups in total. The molecule has 0 unspecified atom stereocenters. The van der Waals surface area contributed by atoms with Crippen molar-refractivity contribution in [1.82, 2.24) is 4.98 Å². The van der Waals surface area contributed by atoms with Crippen LogP contribution >= 0.6 is 0 Å². The van der Waals surface area contributed by atoms with Gasteiger partial charge in [0.15, 0.2) is 0 Å². The van der Waals surface area contributed by atoms with Gasteiger partial charge in [-0.3, -0.25) is 4.98 Å². The molecule has 3 nitrogen and oxygen atoms in total. The first-order chi connectivity index (χ1) is 13.8. The van der Waals surface area contributed by atoms with E-state index >= 15 is 0 Å². The highest BCUT2D eigenvalue weighted by molar-refractivity contribution is 7.91. The van der Waals surface area contributed by atoms with Crippen LogP contribution in [0.25, 0.3) is 22.0 Å². The highest BCUT2D eigenvalue weighted by Gasteiger charge is 2.25. The van der Waals surface area contributed by atoms with E-state index in [1.807, 2.05) is 13.8 Å². The minimum atomic E-state index is -3.92. The van der Waals surface area contributed by atoms with E-state index < -0.39 is 21.5 Å². The predicted molar refractivity (Wildman–Crippen MR) is 108 cm³/mol. The Balaban J connectivity index is 2.06. The van der Waals surface area contributed by atoms with Crippen LogP contribution in [0.3, 0.4) is 0 Å². The summed E-state index contributed by atoms with van der Waals surface area (Å²) in [5.41, 5.74) is 3.03. The molecule has 29 heavy (non-hydrogen) atoms. The fourth-order valence-corrected chi connectivity index (χ4v) is 4.80. The predicted octanol–water partition coefficient (Wildman–Crippen LogP) is 5.63. The van der Waals surface area contributed by atoms with E-state index in [0.717, 1.165) is 11.1 Å². The first-order valence-corrected chi connectivity index (χ1v) is 10.4. The molecule has 0 saturated carbocycles. The first-order valence-electron chi connectivity index (χ1n) is 8.94. The molecule has 0 atom stereocenters. The van der Waals surface area contributed by atoms with E-state index in [1.165, 1.54) is 48.7 Å². The van der Waals surface area contributed by atoms with Gasteiger partial charge >= 0.3 is 0 Å². The van der Waals surface area contributed by atoms with Crippen molar-refractivity contribution in [2.24, 2.45) is 0 Å². The van der Waals surface area contributed by atoms with Crippen LogP contribution in [-0.2, 0) is 9.84 Å². The van der Waals surface area contributed by atoms with Crippen molar-refractivity contribution < 1.29 is 17.2 Å². The molecule has 4 aromatic rings. The molecule has 4 rings (SSSR count). The number of hydrogen-bond donors (Lipinski definition) is 0. The maximum absolute atomic E-state index is 13.7. The van der Waals surface area contributed by atoms with E-state index in [4.69, 9.17) is 0 Å². The fourth-order valence-electron chi connectivity index (χ4n) is 3.27. The number of nitrogens with zero attached hydrogens (tertiary/aromatic N) is 1. The number of pyridine rings is 1. The van der Waals surface area contributed by atoms with Gasteiger partial charge in [-0.25, -0.2) is 17.2 Å². The minimum Gasteiger partial charge on any atom is -0.255 e. The maximum Gasteiger partial charge on any atom is 0.208 e. The Bertz CT molecular complexity index is 1350. The molecule has 146 valence electrons. The van der Waals surface area contributed by atoms with Crippen LogP contribution in [0.5, 0.6) is 0 Å². The molecule has 0 aliphatic rings. The summed E-state index contributed by atoms with van der Waals surface area (Å²) in [6, 6.07) is 14.5. The Hall–Kier alpha value is -3.12. The van der Waals surface area contributed by atoms with E-state index in [9.17, 15) is 17.2 Å². The summed E-state index contributed by atoms with van der Waals surface area (Å²) in [5, 5.41) is 0.475. The van der Waals surface area contributed by atoms with Crippen LogP contribution in [0.4, 0.5) is 8.78 Å². The van der Waals surface area contributed by atoms with Crippen LogP contribution in [0, 0.1) is 25.5 Å². The minimum absolute atomic E-state index is 0.00790. The van der Waals surface area contributed by atoms with Crippen molar-refractivity contribution in [3.63, 3.8) is 0 Å². The molecule has 1 heterocycles. The molecular formula is C23H17F2NO2S. The van der Waals surface area contributed by atoms with E-state index in [1.54, 1.807) is 18.2 Å². The lowest BCUT2D eigenvalue weighted by Gasteiger charge is -2.14. The third-order valence-electron chi connectivity index (χ3n) is 5.01. The Labute approximate surface area is 167 Å². The van der Waals surface area contributed by atoms with Crippen LogP contribution < -0.4 is 0 Å². The Morgan fingerprint density at radius 1 is 0.793 bits per heavy atom. The number of sulfone groups is 1. The van der Waals surface area contributed by atoms with Crippen LogP contribution in [0.1, 0.15) is 11.1 Å². The maximum atomic E-state index is 13.7. The monoisotopic (exact) mass is 409 g/mol. The smallest absolute Gasteiger partial charge is 0.208 e. The summed E-state index contributed by atoms with van der Waals surface area (Å²) in [5.74, 6) is -0.906. The van der Waals surface area contributed by atoms with E-state index in [-0.39, 0.29) is 9.79 Å². The zero-order valence-electron chi connectivity index (χ0n) is 15.8. The molecule has 0 spiro atoms. The van der Waals surface area contributed by atoms with Crippen molar-refractivity contribution in [2.45, 2.75) is 23.6 Å². The van der Waals surface area contributed by atoms with Gasteiger partial charge in [0.2, 0.25) is 9.84 Å². The second-order valence-corrected chi connectivity index (χ2v) is 8.83. The zero-order valence-corrected chi connectivity index (χ0v) is 16.6. The second-order valence-electron chi connectivity index (χ2n) is 6.92. The van der Waals surface area contributed by atoms with Gasteiger partial charge in [0.25, 0.3) is 0 Å². The number of aryl methyl sites for hydroxylation is 2. The van der Waals surface area contributed by atoms with E-state index in [2.05, 4.69) is 4.98 Å². The van der Waals surface area contributed by atoms with Gasteiger partial charge in [-0.2, -0.15) is 0 Å². The second kappa shape index (κ2) is 7.04. The average Bonchev–Trinajstić information content (AvgIpc) is 2.69. The highest BCUT2D eigenvalue weighted by Crippen LogP contribution is 2.37. The van der Waals surface area contributed by atoms with Gasteiger partial charge in [0.1, 0.15) is 11.6 Å². The summed E-state index contributed by atoms with van der Waals surface area (Å²) < 4.78 is 54.1. The van der Waals surface area contributed by atoms with Crippen molar-refractivity contribution in [1.29, 1.82) is 0 Å². The summed E-state index contributed by atoms with van der Waals surface area (Å²) >= 11 is 0. The molecule has 0 amide bonds. The lowest BCUT2D eigenvalue weighted by Crippen LogP contribution is -2.06. The molecular weight excluding hydrogens is 392 g/mol. The molecule has 1 aromatic heterocycles. The number of rotatable bonds is 3. The number of benzene rings is 3. The van der Waals surface area contributed by atoms with Crippen molar-refractivity contribution >= 4 is 20.7 Å². The third kappa shape index (κ3) is 3.40. The van der Waals surface area contributed by atoms with Gasteiger partial charge in [0.05, 0.1) is 15.3 Å². The molecule has 0 aliphatic heterocycles. The molecule has 0 saturated heterocycles. The number of aromatic nitrogens is 1. The van der Waals surface area contributed by atoms with E-state index in [0.29, 0.717) is 22.0 Å². The number of halogens is 2. The largest absolute Gasteiger partial charge is 0.255 e. The van der Waals surface area contributed by atoms with Crippen molar-refractivity contribution in [3.8, 4) is 11.1 Å². The van der Waals surface area contributed by atoms with Crippen molar-refractivity contribution in [2.75, 3.05) is 0 Å². The first kappa shape index (κ1) is 19.2.